The van der Waals surface area contributed by atoms with Crippen LogP contribution in [0, 0.1) is 0 Å². The number of nitrogens with zero attached hydrogens (tertiary/aromatic N) is 1. The van der Waals surface area contributed by atoms with Crippen LogP contribution in [0.15, 0.2) is 18.2 Å². The molecule has 0 aliphatic carbocycles. The molecule has 0 bridgehead atoms. The van der Waals surface area contributed by atoms with Gasteiger partial charge in [0.2, 0.25) is 0 Å². The van der Waals surface area contributed by atoms with Crippen LogP contribution in [0.25, 0.3) is 0 Å². The van der Waals surface area contributed by atoms with E-state index in [0.29, 0.717) is 0 Å². The molecule has 0 unspecified atom stereocenters. The van der Waals surface area contributed by atoms with Crippen LogP contribution in [-0.2, 0) is 6.42 Å². The van der Waals surface area contributed by atoms with Crippen molar-refractivity contribution in [1.82, 2.24) is 0 Å². The molecular weight excluding hydrogens is 160 g/mol. The zero-order chi connectivity index (χ0) is 9.26. The minimum Gasteiger partial charge on any atom is -0.388 e. The maximum atomic E-state index is 3.17. The molecule has 13 heavy (non-hydrogen) atoms. The zero-order valence-electron chi connectivity index (χ0n) is 8.30. The first-order chi connectivity index (χ1) is 6.31. The highest BCUT2D eigenvalue weighted by atomic mass is 15.1. The molecule has 0 saturated carbocycles. The van der Waals surface area contributed by atoms with E-state index in [1.165, 1.54) is 36.3 Å². The van der Waals surface area contributed by atoms with E-state index in [1.54, 1.807) is 0 Å². The monoisotopic (exact) mass is 176 g/mol. The molecule has 1 aliphatic rings. The van der Waals surface area contributed by atoms with E-state index in [2.05, 4.69) is 35.5 Å². The Bertz CT molecular complexity index is 307. The van der Waals surface area contributed by atoms with E-state index < -0.39 is 0 Å². The first-order valence-electron chi connectivity index (χ1n) is 4.83. The second kappa shape index (κ2) is 3.29. The van der Waals surface area contributed by atoms with Crippen molar-refractivity contribution in [2.45, 2.75) is 12.8 Å². The Morgan fingerprint density at radius 3 is 3.00 bits per heavy atom. The maximum Gasteiger partial charge on any atom is 0.0397 e. The molecule has 2 nitrogen and oxygen atoms in total. The summed E-state index contributed by atoms with van der Waals surface area (Å²) in [4.78, 5) is 2.33. The van der Waals surface area contributed by atoms with E-state index in [9.17, 15) is 0 Å². The second-order valence-corrected chi connectivity index (χ2v) is 3.62. The summed E-state index contributed by atoms with van der Waals surface area (Å²) in [6.45, 7) is 1.19. The molecule has 1 aliphatic heterocycles. The molecule has 1 aromatic carbocycles. The zero-order valence-corrected chi connectivity index (χ0v) is 8.30. The smallest absolute Gasteiger partial charge is 0.0397 e. The van der Waals surface area contributed by atoms with Crippen LogP contribution in [0.5, 0.6) is 0 Å². The number of anilines is 2. The van der Waals surface area contributed by atoms with Crippen molar-refractivity contribution in [3.63, 3.8) is 0 Å². The van der Waals surface area contributed by atoms with Crippen LogP contribution in [-0.4, -0.2) is 20.6 Å². The first-order valence-corrected chi connectivity index (χ1v) is 4.83. The summed E-state index contributed by atoms with van der Waals surface area (Å²) < 4.78 is 0. The van der Waals surface area contributed by atoms with Crippen molar-refractivity contribution in [3.8, 4) is 0 Å². The lowest BCUT2D eigenvalue weighted by atomic mass is 10.0. The summed E-state index contributed by atoms with van der Waals surface area (Å²) in [6.07, 6.45) is 2.49. The van der Waals surface area contributed by atoms with E-state index in [0.717, 1.165) is 0 Å². The fourth-order valence-corrected chi connectivity index (χ4v) is 1.94. The van der Waals surface area contributed by atoms with Gasteiger partial charge in [-0.15, -0.1) is 0 Å². The van der Waals surface area contributed by atoms with Gasteiger partial charge in [-0.1, -0.05) is 0 Å². The molecule has 2 rings (SSSR count). The van der Waals surface area contributed by atoms with Crippen LogP contribution >= 0.6 is 0 Å². The quantitative estimate of drug-likeness (QED) is 0.705. The molecule has 1 aromatic rings. The number of rotatable bonds is 1. The normalized spacial score (nSPS) is 15.4. The summed E-state index contributed by atoms with van der Waals surface area (Å²) >= 11 is 0. The predicted octanol–water partition coefficient (Wildman–Crippen LogP) is 2.11. The van der Waals surface area contributed by atoms with Gasteiger partial charge in [-0.05, 0) is 36.6 Å². The first kappa shape index (κ1) is 8.42. The Hall–Kier alpha value is -1.18. The van der Waals surface area contributed by atoms with Gasteiger partial charge >= 0.3 is 0 Å². The average molecular weight is 176 g/mol. The Balaban J connectivity index is 2.39. The van der Waals surface area contributed by atoms with Gasteiger partial charge in [-0.25, -0.2) is 0 Å². The largest absolute Gasteiger partial charge is 0.388 e. The number of nitrogens with one attached hydrogen (secondary N) is 1. The Morgan fingerprint density at radius 2 is 2.23 bits per heavy atom. The van der Waals surface area contributed by atoms with E-state index in [-0.39, 0.29) is 0 Å². The summed E-state index contributed by atoms with van der Waals surface area (Å²) in [6, 6.07) is 6.60. The van der Waals surface area contributed by atoms with Crippen LogP contribution in [0.3, 0.4) is 0 Å². The van der Waals surface area contributed by atoms with Crippen LogP contribution in [0.4, 0.5) is 11.4 Å². The fourth-order valence-electron chi connectivity index (χ4n) is 1.94. The van der Waals surface area contributed by atoms with Gasteiger partial charge in [-0.2, -0.15) is 0 Å². The predicted molar refractivity (Wildman–Crippen MR) is 57.6 cm³/mol. The highest BCUT2D eigenvalue weighted by molar-refractivity contribution is 5.61. The third-order valence-electron chi connectivity index (χ3n) is 2.72. The summed E-state index contributed by atoms with van der Waals surface area (Å²) in [5, 5.41) is 3.17. The lowest BCUT2D eigenvalue weighted by molar-refractivity contribution is 0.745. The van der Waals surface area contributed by atoms with E-state index >= 15 is 0 Å². The van der Waals surface area contributed by atoms with Crippen molar-refractivity contribution in [3.05, 3.63) is 23.8 Å². The van der Waals surface area contributed by atoms with Gasteiger partial charge in [0.1, 0.15) is 0 Å². The molecule has 1 N–H and O–H groups in total. The highest BCUT2D eigenvalue weighted by Gasteiger charge is 2.12. The van der Waals surface area contributed by atoms with Crippen LogP contribution < -0.4 is 10.2 Å². The third kappa shape index (κ3) is 1.48. The van der Waals surface area contributed by atoms with Crippen LogP contribution in [0.2, 0.25) is 0 Å². The molecule has 0 amide bonds. The highest BCUT2D eigenvalue weighted by Crippen LogP contribution is 2.28. The number of fused-ring (bicyclic) bond motifs is 1. The average Bonchev–Trinajstić information content (AvgIpc) is 2.18. The van der Waals surface area contributed by atoms with Crippen molar-refractivity contribution in [1.29, 1.82) is 0 Å². The number of benzene rings is 1. The van der Waals surface area contributed by atoms with Gasteiger partial charge in [-0.3, -0.25) is 0 Å². The minimum absolute atomic E-state index is 1.19. The standard InChI is InChI=1S/C11H16N2/c1-12-10-5-6-11-9(8-10)4-3-7-13(11)2/h5-6,8,12H,3-4,7H2,1-2H3. The SMILES string of the molecule is CNc1ccc2c(c1)CCCN2C. The van der Waals surface area contributed by atoms with Crippen molar-refractivity contribution < 1.29 is 0 Å². The molecule has 0 radical (unpaired) electrons. The Morgan fingerprint density at radius 1 is 1.38 bits per heavy atom. The van der Waals surface area contributed by atoms with Gasteiger partial charge < -0.3 is 10.2 Å². The summed E-state index contributed by atoms with van der Waals surface area (Å²) in [5.74, 6) is 0. The second-order valence-electron chi connectivity index (χ2n) is 3.62. The van der Waals surface area contributed by atoms with Gasteiger partial charge in [0.15, 0.2) is 0 Å². The summed E-state index contributed by atoms with van der Waals surface area (Å²) in [5.41, 5.74) is 4.08. The van der Waals surface area contributed by atoms with E-state index in [1.807, 2.05) is 7.05 Å². The van der Waals surface area contributed by atoms with Crippen molar-refractivity contribution in [2.75, 3.05) is 30.9 Å². The molecule has 2 heteroatoms. The van der Waals surface area contributed by atoms with Gasteiger partial charge in [0.05, 0.1) is 0 Å². The molecule has 1 heterocycles. The molecule has 0 spiro atoms. The topological polar surface area (TPSA) is 15.3 Å². The van der Waals surface area contributed by atoms with E-state index in [4.69, 9.17) is 0 Å². The molecule has 0 saturated heterocycles. The lowest BCUT2D eigenvalue weighted by Crippen LogP contribution is -2.24. The number of aryl methyl sites for hydroxylation is 1. The molecule has 0 atom stereocenters. The lowest BCUT2D eigenvalue weighted by Gasteiger charge is -2.27. The Kier molecular flexibility index (Phi) is 2.13. The fraction of sp³-hybridized carbons (Fsp3) is 0.455. The van der Waals surface area contributed by atoms with Gasteiger partial charge in [0.25, 0.3) is 0 Å². The molecule has 0 aromatic heterocycles. The molecule has 0 fully saturated rings. The minimum atomic E-state index is 1.19. The van der Waals surface area contributed by atoms with Crippen molar-refractivity contribution >= 4 is 11.4 Å². The number of hydrogen-bond donors (Lipinski definition) is 1. The molecular formula is C11H16N2. The maximum absolute atomic E-state index is 3.17. The van der Waals surface area contributed by atoms with Crippen LogP contribution in [0.1, 0.15) is 12.0 Å². The molecule has 70 valence electrons. The third-order valence-corrected chi connectivity index (χ3v) is 2.72. The van der Waals surface area contributed by atoms with Gasteiger partial charge in [0, 0.05) is 32.0 Å². The van der Waals surface area contributed by atoms with Crippen molar-refractivity contribution in [2.24, 2.45) is 0 Å². The Labute approximate surface area is 79.6 Å². The summed E-state index contributed by atoms with van der Waals surface area (Å²) in [7, 11) is 4.13. The number of hydrogen-bond acceptors (Lipinski definition) is 2.